The summed E-state index contributed by atoms with van der Waals surface area (Å²) in [5.74, 6) is 0.682. The minimum Gasteiger partial charge on any atom is -0.258 e. The Hall–Kier alpha value is -1.35. The first-order valence-corrected chi connectivity index (χ1v) is 5.59. The van der Waals surface area contributed by atoms with E-state index in [1.54, 1.807) is 24.3 Å². The number of hydrogen-bond acceptors (Lipinski definition) is 2. The molecule has 0 radical (unpaired) electrons. The number of allylic oxidation sites excluding steroid dienone is 1. The van der Waals surface area contributed by atoms with Crippen LogP contribution in [-0.2, 0) is 0 Å². The first-order valence-electron chi connectivity index (χ1n) is 5.06. The SMILES string of the molecule is CC(C)C(=Cc1ccccc1[N+](=O)[O-])CCl. The number of para-hydroxylation sites is 1. The van der Waals surface area contributed by atoms with Crippen LogP contribution in [0.2, 0.25) is 0 Å². The zero-order valence-electron chi connectivity index (χ0n) is 9.31. The van der Waals surface area contributed by atoms with E-state index in [-0.39, 0.29) is 16.5 Å². The molecule has 0 heterocycles. The van der Waals surface area contributed by atoms with Crippen LogP contribution in [0.1, 0.15) is 19.4 Å². The van der Waals surface area contributed by atoms with Crippen molar-refractivity contribution in [3.63, 3.8) is 0 Å². The first-order chi connectivity index (χ1) is 7.56. The van der Waals surface area contributed by atoms with Gasteiger partial charge in [0.2, 0.25) is 0 Å². The molecule has 0 aliphatic carbocycles. The fourth-order valence-corrected chi connectivity index (χ4v) is 1.72. The highest BCUT2D eigenvalue weighted by atomic mass is 35.5. The maximum atomic E-state index is 10.8. The molecular weight excluding hydrogens is 226 g/mol. The van der Waals surface area contributed by atoms with Crippen molar-refractivity contribution < 1.29 is 4.92 Å². The molecule has 0 aliphatic heterocycles. The summed E-state index contributed by atoms with van der Waals surface area (Å²) in [6.07, 6.45) is 1.80. The third-order valence-electron chi connectivity index (χ3n) is 2.37. The van der Waals surface area contributed by atoms with Gasteiger partial charge in [-0.2, -0.15) is 0 Å². The van der Waals surface area contributed by atoms with Crippen LogP contribution in [-0.4, -0.2) is 10.8 Å². The third-order valence-corrected chi connectivity index (χ3v) is 2.68. The van der Waals surface area contributed by atoms with Gasteiger partial charge in [-0.3, -0.25) is 10.1 Å². The van der Waals surface area contributed by atoms with E-state index in [9.17, 15) is 10.1 Å². The maximum Gasteiger partial charge on any atom is 0.276 e. The standard InChI is InChI=1S/C12H14ClNO2/c1-9(2)11(8-13)7-10-5-3-4-6-12(10)14(15)16/h3-7,9H,8H2,1-2H3. The first kappa shape index (κ1) is 12.7. The lowest BCUT2D eigenvalue weighted by atomic mass is 10.0. The summed E-state index contributed by atoms with van der Waals surface area (Å²) in [6.45, 7) is 4.03. The topological polar surface area (TPSA) is 43.1 Å². The van der Waals surface area contributed by atoms with E-state index < -0.39 is 0 Å². The molecule has 4 heteroatoms. The molecule has 0 aliphatic rings. The highest BCUT2D eigenvalue weighted by molar-refractivity contribution is 6.19. The van der Waals surface area contributed by atoms with Gasteiger partial charge in [-0.05, 0) is 18.1 Å². The highest BCUT2D eigenvalue weighted by Crippen LogP contribution is 2.23. The van der Waals surface area contributed by atoms with Crippen molar-refractivity contribution in [2.45, 2.75) is 13.8 Å². The van der Waals surface area contributed by atoms with Crippen molar-refractivity contribution in [1.82, 2.24) is 0 Å². The number of hydrogen-bond donors (Lipinski definition) is 0. The van der Waals surface area contributed by atoms with Gasteiger partial charge in [-0.1, -0.05) is 31.6 Å². The molecule has 0 amide bonds. The minimum atomic E-state index is -0.377. The van der Waals surface area contributed by atoms with Crippen molar-refractivity contribution in [3.8, 4) is 0 Å². The largest absolute Gasteiger partial charge is 0.276 e. The van der Waals surface area contributed by atoms with Crippen molar-refractivity contribution in [1.29, 1.82) is 0 Å². The van der Waals surface area contributed by atoms with Crippen LogP contribution < -0.4 is 0 Å². The summed E-state index contributed by atoms with van der Waals surface area (Å²) < 4.78 is 0. The molecule has 0 unspecified atom stereocenters. The number of halogens is 1. The molecule has 0 bridgehead atoms. The Kier molecular flexibility index (Phi) is 4.50. The minimum absolute atomic E-state index is 0.116. The number of rotatable bonds is 4. The van der Waals surface area contributed by atoms with Gasteiger partial charge in [0, 0.05) is 11.9 Å². The van der Waals surface area contributed by atoms with Crippen molar-refractivity contribution in [3.05, 3.63) is 45.5 Å². The normalized spacial score (nSPS) is 11.9. The van der Waals surface area contributed by atoms with Crippen LogP contribution in [0.5, 0.6) is 0 Å². The predicted molar refractivity (Wildman–Crippen MR) is 66.6 cm³/mol. The lowest BCUT2D eigenvalue weighted by Gasteiger charge is -2.07. The van der Waals surface area contributed by atoms with E-state index in [1.165, 1.54) is 6.07 Å². The lowest BCUT2D eigenvalue weighted by molar-refractivity contribution is -0.385. The number of nitro benzene ring substituents is 1. The summed E-state index contributed by atoms with van der Waals surface area (Å²) in [7, 11) is 0. The molecule has 0 N–H and O–H groups in total. The average Bonchev–Trinajstić information content (AvgIpc) is 2.25. The Bertz CT molecular complexity index is 413. The van der Waals surface area contributed by atoms with Gasteiger partial charge in [0.1, 0.15) is 0 Å². The quantitative estimate of drug-likeness (QED) is 0.455. The van der Waals surface area contributed by atoms with E-state index in [0.29, 0.717) is 11.4 Å². The maximum absolute atomic E-state index is 10.8. The zero-order chi connectivity index (χ0) is 12.1. The molecule has 1 rings (SSSR count). The summed E-state index contributed by atoms with van der Waals surface area (Å²) in [4.78, 5) is 10.4. The van der Waals surface area contributed by atoms with Gasteiger partial charge >= 0.3 is 0 Å². The zero-order valence-corrected chi connectivity index (χ0v) is 10.1. The Morgan fingerprint density at radius 2 is 2.12 bits per heavy atom. The Labute approximate surface area is 99.9 Å². The van der Waals surface area contributed by atoms with E-state index in [4.69, 9.17) is 11.6 Å². The molecular formula is C12H14ClNO2. The predicted octanol–water partition coefficient (Wildman–Crippen LogP) is 3.87. The second kappa shape index (κ2) is 5.66. The Morgan fingerprint density at radius 3 is 2.62 bits per heavy atom. The van der Waals surface area contributed by atoms with Gasteiger partial charge in [0.05, 0.1) is 10.5 Å². The molecule has 0 fully saturated rings. The molecule has 0 aromatic heterocycles. The van der Waals surface area contributed by atoms with Crippen molar-refractivity contribution in [2.75, 3.05) is 5.88 Å². The second-order valence-corrected chi connectivity index (χ2v) is 4.09. The summed E-state index contributed by atoms with van der Waals surface area (Å²) in [6, 6.07) is 6.67. The fraction of sp³-hybridized carbons (Fsp3) is 0.333. The lowest BCUT2D eigenvalue weighted by Crippen LogP contribution is -1.97. The molecule has 86 valence electrons. The second-order valence-electron chi connectivity index (χ2n) is 3.82. The van der Waals surface area contributed by atoms with E-state index >= 15 is 0 Å². The van der Waals surface area contributed by atoms with Crippen LogP contribution in [0, 0.1) is 16.0 Å². The van der Waals surface area contributed by atoms with Gasteiger partial charge in [0.25, 0.3) is 5.69 Å². The molecule has 0 saturated heterocycles. The van der Waals surface area contributed by atoms with Crippen molar-refractivity contribution >= 4 is 23.4 Å². The monoisotopic (exact) mass is 239 g/mol. The molecule has 1 aromatic carbocycles. The van der Waals surface area contributed by atoms with Crippen LogP contribution in [0.25, 0.3) is 6.08 Å². The van der Waals surface area contributed by atoms with Crippen molar-refractivity contribution in [2.24, 2.45) is 5.92 Å². The van der Waals surface area contributed by atoms with Gasteiger partial charge in [-0.15, -0.1) is 11.6 Å². The van der Waals surface area contributed by atoms with Gasteiger partial charge in [0.15, 0.2) is 0 Å². The van der Waals surface area contributed by atoms with Crippen LogP contribution in [0.3, 0.4) is 0 Å². The van der Waals surface area contributed by atoms with Crippen LogP contribution in [0.15, 0.2) is 29.8 Å². The number of nitrogens with zero attached hydrogens (tertiary/aromatic N) is 1. The summed E-state index contributed by atoms with van der Waals surface area (Å²) >= 11 is 5.81. The molecule has 0 spiro atoms. The van der Waals surface area contributed by atoms with Gasteiger partial charge in [-0.25, -0.2) is 0 Å². The highest BCUT2D eigenvalue weighted by Gasteiger charge is 2.11. The van der Waals surface area contributed by atoms with Crippen LogP contribution >= 0.6 is 11.6 Å². The van der Waals surface area contributed by atoms with E-state index in [2.05, 4.69) is 0 Å². The average molecular weight is 240 g/mol. The van der Waals surface area contributed by atoms with Gasteiger partial charge < -0.3 is 0 Å². The molecule has 0 saturated carbocycles. The number of alkyl halides is 1. The molecule has 16 heavy (non-hydrogen) atoms. The van der Waals surface area contributed by atoms with E-state index in [1.807, 2.05) is 13.8 Å². The Morgan fingerprint density at radius 1 is 1.50 bits per heavy atom. The summed E-state index contributed by atoms with van der Waals surface area (Å²) in [5.41, 5.74) is 1.72. The summed E-state index contributed by atoms with van der Waals surface area (Å²) in [5, 5.41) is 10.8. The van der Waals surface area contributed by atoms with E-state index in [0.717, 1.165) is 5.57 Å². The van der Waals surface area contributed by atoms with Crippen LogP contribution in [0.4, 0.5) is 5.69 Å². The smallest absolute Gasteiger partial charge is 0.258 e. The Balaban J connectivity index is 3.18. The molecule has 1 aromatic rings. The third kappa shape index (κ3) is 3.07. The number of nitro groups is 1. The molecule has 3 nitrogen and oxygen atoms in total. The number of benzene rings is 1. The molecule has 0 atom stereocenters. The fourth-order valence-electron chi connectivity index (χ4n) is 1.34.